The van der Waals surface area contributed by atoms with Gasteiger partial charge in [0.15, 0.2) is 0 Å². The van der Waals surface area contributed by atoms with Crippen LogP contribution in [0.2, 0.25) is 0 Å². The van der Waals surface area contributed by atoms with Gasteiger partial charge in [-0.05, 0) is 50.3 Å². The van der Waals surface area contributed by atoms with Crippen LogP contribution in [0.25, 0.3) is 0 Å². The number of aryl methyl sites for hydroxylation is 1. The Bertz CT molecular complexity index is 473. The summed E-state index contributed by atoms with van der Waals surface area (Å²) in [6.07, 6.45) is 21.2. The first-order chi connectivity index (χ1) is 12.9. The Morgan fingerprint density at radius 3 is 2.04 bits per heavy atom. The summed E-state index contributed by atoms with van der Waals surface area (Å²) in [7, 11) is 0. The van der Waals surface area contributed by atoms with E-state index < -0.39 is 0 Å². The highest BCUT2D eigenvalue weighted by Crippen LogP contribution is 2.17. The van der Waals surface area contributed by atoms with Gasteiger partial charge in [-0.25, -0.2) is 0 Å². The van der Waals surface area contributed by atoms with Crippen LogP contribution in [-0.4, -0.2) is 19.3 Å². The quantitative estimate of drug-likeness (QED) is 0.183. The minimum Gasteiger partial charge on any atom is -0.491 e. The molecule has 2 nitrogen and oxygen atoms in total. The van der Waals surface area contributed by atoms with Gasteiger partial charge in [0.25, 0.3) is 0 Å². The van der Waals surface area contributed by atoms with Crippen LogP contribution in [0.15, 0.2) is 36.4 Å². The third kappa shape index (κ3) is 10.7. The molecular formula is C24H38O2. The highest BCUT2D eigenvalue weighted by atomic mass is 16.6. The standard InChI is InChI=1S/C24H38O2/c1-2-3-4-5-6-7-8-9-10-11-12-13-14-15-22-16-18-23(19-17-22)25-20-24-21-26-24/h2-3,16-19,24H,4-15,20-21H2,1H3/b3-2+. The number of epoxide rings is 1. The highest BCUT2D eigenvalue weighted by Gasteiger charge is 2.22. The molecule has 0 saturated carbocycles. The van der Waals surface area contributed by atoms with Gasteiger partial charge in [0, 0.05) is 0 Å². The number of rotatable bonds is 16. The van der Waals surface area contributed by atoms with E-state index >= 15 is 0 Å². The maximum Gasteiger partial charge on any atom is 0.119 e. The van der Waals surface area contributed by atoms with Crippen LogP contribution in [0.1, 0.15) is 83.1 Å². The Labute approximate surface area is 161 Å². The van der Waals surface area contributed by atoms with Gasteiger partial charge in [0.1, 0.15) is 18.5 Å². The van der Waals surface area contributed by atoms with Crippen molar-refractivity contribution in [2.75, 3.05) is 13.2 Å². The van der Waals surface area contributed by atoms with Crippen LogP contribution >= 0.6 is 0 Å². The van der Waals surface area contributed by atoms with Crippen LogP contribution in [0.3, 0.4) is 0 Å². The van der Waals surface area contributed by atoms with E-state index in [0.717, 1.165) is 12.4 Å². The van der Waals surface area contributed by atoms with E-state index in [2.05, 4.69) is 43.3 Å². The molecule has 0 bridgehead atoms. The molecule has 1 unspecified atom stereocenters. The van der Waals surface area contributed by atoms with E-state index in [1.165, 1.54) is 82.6 Å². The summed E-state index contributed by atoms with van der Waals surface area (Å²) in [6, 6.07) is 8.60. The molecule has 1 aliphatic heterocycles. The monoisotopic (exact) mass is 358 g/mol. The summed E-state index contributed by atoms with van der Waals surface area (Å²) in [5.74, 6) is 0.964. The van der Waals surface area contributed by atoms with Crippen molar-refractivity contribution in [1.29, 1.82) is 0 Å². The first-order valence-electron chi connectivity index (χ1n) is 10.8. The molecule has 1 aromatic rings. The normalized spacial score (nSPS) is 16.3. The smallest absolute Gasteiger partial charge is 0.119 e. The molecule has 2 rings (SSSR count). The molecule has 0 spiro atoms. The lowest BCUT2D eigenvalue weighted by atomic mass is 10.0. The van der Waals surface area contributed by atoms with Gasteiger partial charge < -0.3 is 9.47 Å². The zero-order valence-electron chi connectivity index (χ0n) is 16.8. The number of hydrogen-bond donors (Lipinski definition) is 0. The van der Waals surface area contributed by atoms with Crippen molar-refractivity contribution in [3.05, 3.63) is 42.0 Å². The van der Waals surface area contributed by atoms with E-state index in [-0.39, 0.29) is 0 Å². The Morgan fingerprint density at radius 2 is 1.46 bits per heavy atom. The fourth-order valence-electron chi connectivity index (χ4n) is 3.28. The molecule has 0 aromatic heterocycles. The third-order valence-electron chi connectivity index (χ3n) is 5.08. The van der Waals surface area contributed by atoms with Gasteiger partial charge in [0.05, 0.1) is 6.61 Å². The lowest BCUT2D eigenvalue weighted by molar-refractivity contribution is 0.263. The predicted molar refractivity (Wildman–Crippen MR) is 111 cm³/mol. The summed E-state index contributed by atoms with van der Waals surface area (Å²) in [4.78, 5) is 0. The molecule has 1 aromatic carbocycles. The van der Waals surface area contributed by atoms with Gasteiger partial charge >= 0.3 is 0 Å². The SMILES string of the molecule is C/C=C/CCCCCCCCCCCCc1ccc(OCC2CO2)cc1. The second-order valence-corrected chi connectivity index (χ2v) is 7.55. The largest absolute Gasteiger partial charge is 0.491 e. The number of allylic oxidation sites excluding steroid dienone is 2. The average Bonchev–Trinajstić information content (AvgIpc) is 3.49. The second kappa shape index (κ2) is 13.9. The zero-order chi connectivity index (χ0) is 18.3. The summed E-state index contributed by atoms with van der Waals surface area (Å²) < 4.78 is 10.8. The number of benzene rings is 1. The molecule has 0 N–H and O–H groups in total. The number of unbranched alkanes of at least 4 members (excludes halogenated alkanes) is 10. The molecular weight excluding hydrogens is 320 g/mol. The molecule has 1 atom stereocenters. The molecule has 0 amide bonds. The summed E-state index contributed by atoms with van der Waals surface area (Å²) >= 11 is 0. The van der Waals surface area contributed by atoms with Gasteiger partial charge in [-0.2, -0.15) is 0 Å². The van der Waals surface area contributed by atoms with E-state index in [1.807, 2.05) is 0 Å². The van der Waals surface area contributed by atoms with Crippen LogP contribution in [-0.2, 0) is 11.2 Å². The predicted octanol–water partition coefficient (Wildman–Crippen LogP) is 6.87. The summed E-state index contributed by atoms with van der Waals surface area (Å²) in [5.41, 5.74) is 1.43. The van der Waals surface area contributed by atoms with E-state index in [4.69, 9.17) is 9.47 Å². The number of ether oxygens (including phenoxy) is 2. The minimum atomic E-state index is 0.331. The highest BCUT2D eigenvalue weighted by molar-refractivity contribution is 5.27. The molecule has 1 heterocycles. The Morgan fingerprint density at radius 1 is 0.885 bits per heavy atom. The van der Waals surface area contributed by atoms with E-state index in [9.17, 15) is 0 Å². The molecule has 2 heteroatoms. The first kappa shape index (κ1) is 21.0. The van der Waals surface area contributed by atoms with Crippen LogP contribution in [0.5, 0.6) is 5.75 Å². The van der Waals surface area contributed by atoms with Crippen molar-refractivity contribution in [3.8, 4) is 5.75 Å². The van der Waals surface area contributed by atoms with Gasteiger partial charge in [-0.3, -0.25) is 0 Å². The lowest BCUT2D eigenvalue weighted by Gasteiger charge is -2.06. The van der Waals surface area contributed by atoms with Crippen LogP contribution in [0.4, 0.5) is 0 Å². The van der Waals surface area contributed by atoms with Crippen LogP contribution < -0.4 is 4.74 Å². The topological polar surface area (TPSA) is 21.8 Å². The van der Waals surface area contributed by atoms with Crippen LogP contribution in [0, 0.1) is 0 Å². The fourth-order valence-corrected chi connectivity index (χ4v) is 3.28. The van der Waals surface area contributed by atoms with Gasteiger partial charge in [-0.1, -0.05) is 75.7 Å². The van der Waals surface area contributed by atoms with E-state index in [1.54, 1.807) is 0 Å². The molecule has 26 heavy (non-hydrogen) atoms. The maximum atomic E-state index is 5.68. The maximum absolute atomic E-state index is 5.68. The fraction of sp³-hybridized carbons (Fsp3) is 0.667. The summed E-state index contributed by atoms with van der Waals surface area (Å²) in [6.45, 7) is 3.65. The molecule has 146 valence electrons. The Balaban J connectivity index is 1.36. The zero-order valence-corrected chi connectivity index (χ0v) is 16.8. The Hall–Kier alpha value is -1.28. The van der Waals surface area contributed by atoms with Crippen molar-refractivity contribution in [2.45, 2.75) is 90.1 Å². The molecule has 1 saturated heterocycles. The van der Waals surface area contributed by atoms with E-state index in [0.29, 0.717) is 12.7 Å². The summed E-state index contributed by atoms with van der Waals surface area (Å²) in [5, 5.41) is 0. The lowest BCUT2D eigenvalue weighted by Crippen LogP contribution is -2.03. The molecule has 0 radical (unpaired) electrons. The Kier molecular flexibility index (Phi) is 11.2. The molecule has 1 fully saturated rings. The number of hydrogen-bond acceptors (Lipinski definition) is 2. The van der Waals surface area contributed by atoms with Crippen molar-refractivity contribution in [3.63, 3.8) is 0 Å². The second-order valence-electron chi connectivity index (χ2n) is 7.55. The van der Waals surface area contributed by atoms with Gasteiger partial charge in [0.2, 0.25) is 0 Å². The third-order valence-corrected chi connectivity index (χ3v) is 5.08. The van der Waals surface area contributed by atoms with Crippen molar-refractivity contribution in [1.82, 2.24) is 0 Å². The average molecular weight is 359 g/mol. The van der Waals surface area contributed by atoms with Crippen molar-refractivity contribution < 1.29 is 9.47 Å². The van der Waals surface area contributed by atoms with Gasteiger partial charge in [-0.15, -0.1) is 0 Å². The van der Waals surface area contributed by atoms with Crippen molar-refractivity contribution >= 4 is 0 Å². The van der Waals surface area contributed by atoms with Crippen molar-refractivity contribution in [2.24, 2.45) is 0 Å². The molecule has 0 aliphatic carbocycles. The minimum absolute atomic E-state index is 0.331. The molecule has 1 aliphatic rings. The first-order valence-corrected chi connectivity index (χ1v) is 10.8.